The smallest absolute Gasteiger partial charge is 0.254 e. The lowest BCUT2D eigenvalue weighted by Gasteiger charge is -2.11. The fraction of sp³-hybridized carbons (Fsp3) is 0.417. The molecule has 1 atom stereocenters. The number of rotatable bonds is 4. The average molecular weight is 242 g/mol. The molecule has 0 saturated carbocycles. The molecule has 1 aromatic carbocycles. The molecule has 1 aromatic rings. The van der Waals surface area contributed by atoms with Crippen molar-refractivity contribution in [2.45, 2.75) is 20.3 Å². The van der Waals surface area contributed by atoms with Crippen LogP contribution >= 0.6 is 0 Å². The maximum Gasteiger partial charge on any atom is 0.254 e. The van der Waals surface area contributed by atoms with Gasteiger partial charge in [-0.25, -0.2) is 8.78 Å². The van der Waals surface area contributed by atoms with Crippen molar-refractivity contribution in [3.8, 4) is 0 Å². The minimum Gasteiger partial charge on any atom is -0.396 e. The van der Waals surface area contributed by atoms with Crippen LogP contribution in [0.25, 0.3) is 0 Å². The third kappa shape index (κ3) is 3.41. The predicted molar refractivity (Wildman–Crippen MR) is 62.6 cm³/mol. The summed E-state index contributed by atoms with van der Waals surface area (Å²) in [6.45, 7) is 4.41. The Balaban J connectivity index is 2.79. The van der Waals surface area contributed by atoms with Crippen LogP contribution in [0.1, 0.15) is 30.6 Å². The van der Waals surface area contributed by atoms with Crippen LogP contribution in [-0.2, 0) is 0 Å². The largest absolute Gasteiger partial charge is 0.396 e. The van der Waals surface area contributed by atoms with Crippen LogP contribution in [0.15, 0.2) is 12.1 Å². The van der Waals surface area contributed by atoms with E-state index in [0.29, 0.717) is 18.5 Å². The van der Waals surface area contributed by atoms with Crippen LogP contribution in [-0.4, -0.2) is 12.5 Å². The summed E-state index contributed by atoms with van der Waals surface area (Å²) in [5.41, 5.74) is 4.82. The fourth-order valence-electron chi connectivity index (χ4n) is 1.25. The van der Waals surface area contributed by atoms with Gasteiger partial charge in [0.25, 0.3) is 5.91 Å². The molecule has 0 fully saturated rings. The van der Waals surface area contributed by atoms with Crippen molar-refractivity contribution in [1.82, 2.24) is 5.32 Å². The van der Waals surface area contributed by atoms with Crippen LogP contribution < -0.4 is 11.1 Å². The Morgan fingerprint density at radius 3 is 2.65 bits per heavy atom. The molecule has 3 N–H and O–H groups in total. The summed E-state index contributed by atoms with van der Waals surface area (Å²) < 4.78 is 26.2. The highest BCUT2D eigenvalue weighted by Crippen LogP contribution is 2.16. The van der Waals surface area contributed by atoms with Gasteiger partial charge in [-0.15, -0.1) is 0 Å². The van der Waals surface area contributed by atoms with Crippen LogP contribution in [0.4, 0.5) is 14.5 Å². The molecule has 17 heavy (non-hydrogen) atoms. The van der Waals surface area contributed by atoms with E-state index in [1.165, 1.54) is 0 Å². The van der Waals surface area contributed by atoms with Gasteiger partial charge in [-0.1, -0.05) is 20.3 Å². The van der Waals surface area contributed by atoms with Gasteiger partial charge in [-0.05, 0) is 12.0 Å². The first-order valence-corrected chi connectivity index (χ1v) is 5.48. The average Bonchev–Trinajstić information content (AvgIpc) is 2.30. The Morgan fingerprint density at radius 2 is 2.06 bits per heavy atom. The first-order chi connectivity index (χ1) is 7.95. The number of nitrogens with one attached hydrogen (secondary N) is 1. The number of nitrogen functional groups attached to an aromatic ring is 1. The van der Waals surface area contributed by atoms with Gasteiger partial charge >= 0.3 is 0 Å². The van der Waals surface area contributed by atoms with E-state index in [0.717, 1.165) is 12.5 Å². The number of anilines is 1. The molecule has 0 aromatic heterocycles. The maximum atomic E-state index is 13.3. The lowest BCUT2D eigenvalue weighted by atomic mass is 10.1. The zero-order valence-electron chi connectivity index (χ0n) is 9.89. The van der Waals surface area contributed by atoms with Gasteiger partial charge in [0, 0.05) is 12.6 Å². The van der Waals surface area contributed by atoms with E-state index in [9.17, 15) is 13.6 Å². The highest BCUT2D eigenvalue weighted by Gasteiger charge is 2.15. The highest BCUT2D eigenvalue weighted by molar-refractivity contribution is 5.95. The minimum absolute atomic E-state index is 0.229. The number of halogens is 2. The summed E-state index contributed by atoms with van der Waals surface area (Å²) in [5.74, 6) is -2.03. The summed E-state index contributed by atoms with van der Waals surface area (Å²) in [7, 11) is 0. The molecule has 1 rings (SSSR count). The van der Waals surface area contributed by atoms with Gasteiger partial charge in [-0.2, -0.15) is 0 Å². The molecule has 94 valence electrons. The number of amides is 1. The van der Waals surface area contributed by atoms with Crippen molar-refractivity contribution in [3.05, 3.63) is 29.3 Å². The normalized spacial score (nSPS) is 12.2. The number of hydrogen-bond acceptors (Lipinski definition) is 2. The molecule has 1 amide bonds. The second kappa shape index (κ2) is 5.61. The maximum absolute atomic E-state index is 13.3. The van der Waals surface area contributed by atoms with Crippen LogP contribution in [0, 0.1) is 17.6 Å². The summed E-state index contributed by atoms with van der Waals surface area (Å²) in [6.07, 6.45) is 0.911. The first kappa shape index (κ1) is 13.4. The van der Waals surface area contributed by atoms with Crippen molar-refractivity contribution < 1.29 is 13.6 Å². The molecule has 0 bridgehead atoms. The van der Waals surface area contributed by atoms with E-state index in [4.69, 9.17) is 5.73 Å². The van der Waals surface area contributed by atoms with Crippen molar-refractivity contribution in [2.75, 3.05) is 12.3 Å². The molecule has 5 heteroatoms. The van der Waals surface area contributed by atoms with E-state index in [2.05, 4.69) is 5.32 Å². The molecule has 3 nitrogen and oxygen atoms in total. The van der Waals surface area contributed by atoms with E-state index < -0.39 is 17.5 Å². The van der Waals surface area contributed by atoms with E-state index in [-0.39, 0.29) is 11.3 Å². The second-order valence-electron chi connectivity index (χ2n) is 4.08. The summed E-state index contributed by atoms with van der Waals surface area (Å²) in [5, 5.41) is 2.58. The quantitative estimate of drug-likeness (QED) is 0.796. The van der Waals surface area contributed by atoms with Crippen molar-refractivity contribution in [3.63, 3.8) is 0 Å². The van der Waals surface area contributed by atoms with Crippen LogP contribution in [0.5, 0.6) is 0 Å². The summed E-state index contributed by atoms with van der Waals surface area (Å²) in [4.78, 5) is 11.6. The predicted octanol–water partition coefficient (Wildman–Crippen LogP) is 2.32. The molecular formula is C12H16F2N2O. The minimum atomic E-state index is -0.904. The zero-order valence-corrected chi connectivity index (χ0v) is 9.89. The van der Waals surface area contributed by atoms with Crippen LogP contribution in [0.2, 0.25) is 0 Å². The molecule has 1 unspecified atom stereocenters. The topological polar surface area (TPSA) is 55.1 Å². The number of benzene rings is 1. The highest BCUT2D eigenvalue weighted by atomic mass is 19.1. The zero-order chi connectivity index (χ0) is 13.0. The van der Waals surface area contributed by atoms with Crippen molar-refractivity contribution >= 4 is 11.6 Å². The van der Waals surface area contributed by atoms with Crippen molar-refractivity contribution in [2.24, 2.45) is 5.92 Å². The van der Waals surface area contributed by atoms with Crippen LogP contribution in [0.3, 0.4) is 0 Å². The molecule has 0 heterocycles. The Labute approximate surface area is 99.0 Å². The van der Waals surface area contributed by atoms with Gasteiger partial charge in [0.1, 0.15) is 11.6 Å². The van der Waals surface area contributed by atoms with E-state index in [1.54, 1.807) is 0 Å². The molecular weight excluding hydrogens is 226 g/mol. The molecule has 0 aliphatic rings. The molecule has 0 spiro atoms. The van der Waals surface area contributed by atoms with Crippen molar-refractivity contribution in [1.29, 1.82) is 0 Å². The number of carbonyl (C=O) groups excluding carboxylic acids is 1. The number of hydrogen-bond donors (Lipinski definition) is 2. The lowest BCUT2D eigenvalue weighted by Crippen LogP contribution is -2.29. The Hall–Kier alpha value is -1.65. The summed E-state index contributed by atoms with van der Waals surface area (Å²) >= 11 is 0. The van der Waals surface area contributed by atoms with Gasteiger partial charge < -0.3 is 11.1 Å². The standard InChI is InChI=1S/C12H16F2N2O/c1-3-7(2)6-16-12(17)8-4-11(15)10(14)5-9(8)13/h4-5,7H,3,6,15H2,1-2H3,(H,16,17). The lowest BCUT2D eigenvalue weighted by molar-refractivity contribution is 0.0944. The molecule has 0 aliphatic carbocycles. The Kier molecular flexibility index (Phi) is 4.43. The Morgan fingerprint density at radius 1 is 1.41 bits per heavy atom. The number of carbonyl (C=O) groups is 1. The van der Waals surface area contributed by atoms with E-state index in [1.807, 2.05) is 13.8 Å². The molecule has 0 saturated heterocycles. The first-order valence-electron chi connectivity index (χ1n) is 5.48. The fourth-order valence-corrected chi connectivity index (χ4v) is 1.25. The van der Waals surface area contributed by atoms with E-state index >= 15 is 0 Å². The number of nitrogens with two attached hydrogens (primary N) is 1. The monoisotopic (exact) mass is 242 g/mol. The third-order valence-corrected chi connectivity index (χ3v) is 2.64. The van der Waals surface area contributed by atoms with Gasteiger partial charge in [0.15, 0.2) is 0 Å². The van der Waals surface area contributed by atoms with Gasteiger partial charge in [0.2, 0.25) is 0 Å². The Bertz CT molecular complexity index is 421. The summed E-state index contributed by atoms with van der Waals surface area (Å²) in [6, 6.07) is 1.63. The molecule has 0 radical (unpaired) electrons. The molecule has 0 aliphatic heterocycles. The van der Waals surface area contributed by atoms with Gasteiger partial charge in [-0.3, -0.25) is 4.79 Å². The SMILES string of the molecule is CCC(C)CNC(=O)c1cc(N)c(F)cc1F. The second-order valence-corrected chi connectivity index (χ2v) is 4.08. The third-order valence-electron chi connectivity index (χ3n) is 2.64. The van der Waals surface area contributed by atoms with Gasteiger partial charge in [0.05, 0.1) is 11.3 Å².